The number of nitrogens with one attached hydrogen (secondary N) is 5. The van der Waals surface area contributed by atoms with E-state index in [1.807, 2.05) is 0 Å². The number of benzene rings is 1. The van der Waals surface area contributed by atoms with Crippen molar-refractivity contribution in [3.8, 4) is 0 Å². The summed E-state index contributed by atoms with van der Waals surface area (Å²) in [7, 11) is 0. The van der Waals surface area contributed by atoms with Crippen molar-refractivity contribution in [3.05, 3.63) is 29.8 Å². The maximum atomic E-state index is 13.2. The molecule has 1 saturated heterocycles. The summed E-state index contributed by atoms with van der Waals surface area (Å²) >= 11 is 0. The molecule has 1 fully saturated rings. The number of carboxylic acids is 1. The second kappa shape index (κ2) is 16.9. The highest BCUT2D eigenvalue weighted by atomic mass is 16.5. The first-order chi connectivity index (χ1) is 20.7. The molecule has 1 heterocycles. The number of aliphatic carboxylic acids is 1. The summed E-state index contributed by atoms with van der Waals surface area (Å²) in [5.74, 6) is -6.07. The maximum absolute atomic E-state index is 13.2. The lowest BCUT2D eigenvalue weighted by molar-refractivity contribution is -0.141. The fraction of sp³-hybridized carbons (Fsp3) is 0.536. The molecule has 1 aromatic rings. The van der Waals surface area contributed by atoms with Crippen molar-refractivity contribution >= 4 is 47.2 Å². The highest BCUT2D eigenvalue weighted by Crippen LogP contribution is 2.11. The Bertz CT molecular complexity index is 1220. The van der Waals surface area contributed by atoms with Gasteiger partial charge in [0.15, 0.2) is 0 Å². The highest BCUT2D eigenvalue weighted by Gasteiger charge is 2.33. The summed E-state index contributed by atoms with van der Waals surface area (Å²) in [5.41, 5.74) is 6.92. The van der Waals surface area contributed by atoms with E-state index in [0.29, 0.717) is 11.3 Å². The van der Waals surface area contributed by atoms with Gasteiger partial charge in [-0.15, -0.1) is 0 Å². The van der Waals surface area contributed by atoms with Crippen molar-refractivity contribution in [2.24, 2.45) is 11.7 Å². The summed E-state index contributed by atoms with van der Waals surface area (Å²) in [6.07, 6.45) is -1.10. The number of aliphatic hydroxyl groups is 1. The number of carbonyl (C=O) groups is 7. The number of carbonyl (C=O) groups excluding carboxylic acids is 6. The van der Waals surface area contributed by atoms with Crippen LogP contribution < -0.4 is 32.3 Å². The zero-order chi connectivity index (χ0) is 33.0. The molecule has 1 aliphatic rings. The third-order valence-electron chi connectivity index (χ3n) is 6.70. The van der Waals surface area contributed by atoms with Gasteiger partial charge in [0.1, 0.15) is 24.2 Å². The molecule has 0 aliphatic carbocycles. The molecule has 0 unspecified atom stereocenters. The fourth-order valence-corrected chi connectivity index (χ4v) is 4.09. The summed E-state index contributed by atoms with van der Waals surface area (Å²) in [6.45, 7) is 4.71. The third kappa shape index (κ3) is 11.3. The third-order valence-corrected chi connectivity index (χ3v) is 6.70. The van der Waals surface area contributed by atoms with E-state index in [2.05, 4.69) is 26.6 Å². The number of carboxylic acid groups (broad SMARTS) is 1. The van der Waals surface area contributed by atoms with Crippen molar-refractivity contribution < 1.29 is 48.5 Å². The molecule has 16 heteroatoms. The van der Waals surface area contributed by atoms with Gasteiger partial charge in [0.2, 0.25) is 29.5 Å². The molecule has 44 heavy (non-hydrogen) atoms. The van der Waals surface area contributed by atoms with Gasteiger partial charge in [0.05, 0.1) is 25.7 Å². The van der Waals surface area contributed by atoms with Crippen molar-refractivity contribution in [3.63, 3.8) is 0 Å². The minimum Gasteiger partial charge on any atom is -0.481 e. The number of hydrogen-bond acceptors (Lipinski definition) is 10. The van der Waals surface area contributed by atoms with E-state index in [4.69, 9.17) is 20.7 Å². The molecule has 5 amide bonds. The van der Waals surface area contributed by atoms with E-state index >= 15 is 0 Å². The number of amides is 5. The lowest BCUT2D eigenvalue weighted by Crippen LogP contribution is -2.58. The summed E-state index contributed by atoms with van der Waals surface area (Å²) in [6, 6.07) is 0.530. The number of anilines is 1. The Balaban J connectivity index is 2.01. The molecule has 0 bridgehead atoms. The molecule has 1 aliphatic heterocycles. The van der Waals surface area contributed by atoms with E-state index in [-0.39, 0.29) is 26.1 Å². The Morgan fingerprint density at radius 3 is 2.16 bits per heavy atom. The normalized spacial score (nSPS) is 17.0. The molecule has 0 aromatic heterocycles. The van der Waals surface area contributed by atoms with Gasteiger partial charge in [-0.2, -0.15) is 0 Å². The molecule has 16 nitrogen and oxygen atoms in total. The van der Waals surface area contributed by atoms with Crippen molar-refractivity contribution in [2.45, 2.75) is 83.3 Å². The van der Waals surface area contributed by atoms with Crippen LogP contribution in [0, 0.1) is 5.92 Å². The van der Waals surface area contributed by atoms with Crippen LogP contribution in [-0.2, 0) is 44.9 Å². The van der Waals surface area contributed by atoms with E-state index in [1.165, 1.54) is 6.92 Å². The summed E-state index contributed by atoms with van der Waals surface area (Å²) < 4.78 is 4.76. The van der Waals surface area contributed by atoms with Crippen molar-refractivity contribution in [1.82, 2.24) is 21.3 Å². The molecular weight excluding hydrogens is 580 g/mol. The zero-order valence-corrected chi connectivity index (χ0v) is 24.8. The van der Waals surface area contributed by atoms with Crippen LogP contribution in [0.3, 0.4) is 0 Å². The van der Waals surface area contributed by atoms with Crippen LogP contribution in [0.2, 0.25) is 0 Å². The van der Waals surface area contributed by atoms with Gasteiger partial charge in [0, 0.05) is 18.5 Å². The number of hydrogen-bond donors (Lipinski definition) is 8. The van der Waals surface area contributed by atoms with Gasteiger partial charge in [-0.05, 0) is 37.0 Å². The van der Waals surface area contributed by atoms with Gasteiger partial charge in [-0.1, -0.05) is 26.0 Å². The van der Waals surface area contributed by atoms with Crippen molar-refractivity contribution in [2.75, 3.05) is 11.9 Å². The number of esters is 1. The quantitative estimate of drug-likeness (QED) is 0.0963. The Hall–Kier alpha value is -4.57. The van der Waals surface area contributed by atoms with Gasteiger partial charge < -0.3 is 47.3 Å². The summed E-state index contributed by atoms with van der Waals surface area (Å²) in [5, 5.41) is 30.7. The van der Waals surface area contributed by atoms with Crippen LogP contribution in [-0.4, -0.2) is 88.5 Å². The Morgan fingerprint density at radius 2 is 1.61 bits per heavy atom. The van der Waals surface area contributed by atoms with Gasteiger partial charge in [-0.25, -0.2) is 4.79 Å². The molecule has 0 spiro atoms. The molecule has 9 N–H and O–H groups in total. The first kappa shape index (κ1) is 35.6. The van der Waals surface area contributed by atoms with E-state index < -0.39 is 90.4 Å². The molecular formula is C28H40N6O10. The Morgan fingerprint density at radius 1 is 0.955 bits per heavy atom. The number of nitrogens with two attached hydrogens (primary N) is 1. The average molecular weight is 621 g/mol. The van der Waals surface area contributed by atoms with Crippen LogP contribution in [0.1, 0.15) is 52.0 Å². The first-order valence-corrected chi connectivity index (χ1v) is 14.1. The number of ether oxygens (including phenoxy) is 1. The molecule has 5 atom stereocenters. The predicted octanol–water partition coefficient (Wildman–Crippen LogP) is -1.74. The average Bonchev–Trinajstić information content (AvgIpc) is 3.36. The lowest BCUT2D eigenvalue weighted by atomic mass is 10.0. The summed E-state index contributed by atoms with van der Waals surface area (Å²) in [4.78, 5) is 86.6. The predicted molar refractivity (Wildman–Crippen MR) is 154 cm³/mol. The fourth-order valence-electron chi connectivity index (χ4n) is 4.09. The highest BCUT2D eigenvalue weighted by molar-refractivity contribution is 5.99. The molecule has 0 radical (unpaired) electrons. The molecule has 2 rings (SSSR count). The van der Waals surface area contributed by atoms with Gasteiger partial charge >= 0.3 is 11.9 Å². The molecule has 1 aromatic carbocycles. The van der Waals surface area contributed by atoms with E-state index in [1.54, 1.807) is 38.1 Å². The smallest absolute Gasteiger partial charge is 0.328 e. The van der Waals surface area contributed by atoms with Crippen LogP contribution in [0.4, 0.5) is 5.69 Å². The van der Waals surface area contributed by atoms with Crippen LogP contribution in [0.15, 0.2) is 24.3 Å². The molecule has 0 saturated carbocycles. The number of cyclic esters (lactones) is 1. The topological polar surface area (TPSA) is 255 Å². The number of rotatable bonds is 16. The lowest BCUT2D eigenvalue weighted by Gasteiger charge is -2.27. The minimum atomic E-state index is -1.43. The molecule has 242 valence electrons. The second-order valence-corrected chi connectivity index (χ2v) is 10.7. The van der Waals surface area contributed by atoms with Crippen LogP contribution in [0.25, 0.3) is 0 Å². The van der Waals surface area contributed by atoms with Crippen LogP contribution >= 0.6 is 0 Å². The monoisotopic (exact) mass is 620 g/mol. The SMILES string of the molecule is CC(C)[C@H](NC(=O)[C@H](CCC(=O)O)NC(=O)[C@@H](N)CC(=O)N[C@H]1CCOC1=O)C(=O)N[C@@H](C)C(=O)Nc1ccc(CO)cc1. The second-order valence-electron chi connectivity index (χ2n) is 10.7. The Labute approximate surface area is 253 Å². The van der Waals surface area contributed by atoms with E-state index in [0.717, 1.165) is 0 Å². The Kier molecular flexibility index (Phi) is 13.7. The van der Waals surface area contributed by atoms with E-state index in [9.17, 15) is 33.6 Å². The largest absolute Gasteiger partial charge is 0.481 e. The van der Waals surface area contributed by atoms with Crippen LogP contribution in [0.5, 0.6) is 0 Å². The maximum Gasteiger partial charge on any atom is 0.328 e. The van der Waals surface area contributed by atoms with Gasteiger partial charge in [0.25, 0.3) is 0 Å². The van der Waals surface area contributed by atoms with Crippen molar-refractivity contribution in [1.29, 1.82) is 0 Å². The zero-order valence-electron chi connectivity index (χ0n) is 24.8. The number of aliphatic hydroxyl groups excluding tert-OH is 1. The first-order valence-electron chi connectivity index (χ1n) is 14.1. The minimum absolute atomic E-state index is 0.151. The van der Waals surface area contributed by atoms with Gasteiger partial charge in [-0.3, -0.25) is 28.8 Å². The standard InChI is InChI=1S/C28H40N6O10/c1-14(2)23(27(42)30-15(3)24(39)31-17-6-4-16(13-35)5-7-17)34-26(41)19(8-9-22(37)38)33-25(40)18(29)12-21(36)32-20-10-11-44-28(20)43/h4-7,14-15,18-20,23,35H,8-13,29H2,1-3H3,(H,30,42)(H,31,39)(H,32,36)(H,33,40)(H,34,41)(H,37,38)/t15-,18-,19-,20-,23-/m0/s1.